The first-order valence-corrected chi connectivity index (χ1v) is 5.95. The zero-order valence-electron chi connectivity index (χ0n) is 10.8. The third-order valence-electron chi connectivity index (χ3n) is 2.63. The van der Waals surface area contributed by atoms with Crippen LogP contribution in [0.5, 0.6) is 5.75 Å². The van der Waals surface area contributed by atoms with Crippen LogP contribution in [0.2, 0.25) is 0 Å². The third kappa shape index (κ3) is 3.20. The minimum atomic E-state index is -0.568. The van der Waals surface area contributed by atoms with E-state index in [1.165, 1.54) is 6.26 Å². The number of aromatic nitrogens is 1. The number of nitrogens with zero attached hydrogens (tertiary/aromatic N) is 1. The van der Waals surface area contributed by atoms with Gasteiger partial charge in [0, 0.05) is 6.42 Å². The number of hydrogen-bond donors (Lipinski definition) is 1. The Labute approximate surface area is 110 Å². The Kier molecular flexibility index (Phi) is 3.97. The molecule has 5 nitrogen and oxygen atoms in total. The lowest BCUT2D eigenvalue weighted by molar-refractivity contribution is 0.0727. The molecule has 2 aromatic rings. The monoisotopic (exact) mass is 261 g/mol. The van der Waals surface area contributed by atoms with Gasteiger partial charge in [0.25, 0.3) is 0 Å². The molecule has 0 saturated carbocycles. The second-order valence-corrected chi connectivity index (χ2v) is 4.26. The lowest BCUT2D eigenvalue weighted by Gasteiger charge is -2.06. The topological polar surface area (TPSA) is 72.6 Å². The smallest absolute Gasteiger partial charge is 0.365 e. The molecule has 100 valence electrons. The summed E-state index contributed by atoms with van der Waals surface area (Å²) in [7, 11) is 0. The molecule has 0 unspecified atom stereocenters. The largest absolute Gasteiger partial charge is 0.448 e. The van der Waals surface area contributed by atoms with Crippen molar-refractivity contribution < 1.29 is 19.1 Å². The van der Waals surface area contributed by atoms with Crippen molar-refractivity contribution in [3.8, 4) is 5.75 Å². The molecule has 0 atom stereocenters. The van der Waals surface area contributed by atoms with Gasteiger partial charge in [-0.05, 0) is 31.0 Å². The Morgan fingerprint density at radius 2 is 2.21 bits per heavy atom. The quantitative estimate of drug-likeness (QED) is 0.673. The molecular formula is C14H15NO4. The predicted molar refractivity (Wildman–Crippen MR) is 68.2 cm³/mol. The first kappa shape index (κ1) is 13.3. The van der Waals surface area contributed by atoms with E-state index in [9.17, 15) is 4.79 Å². The van der Waals surface area contributed by atoms with Gasteiger partial charge in [-0.1, -0.05) is 12.1 Å². The molecular weight excluding hydrogens is 246 g/mol. The summed E-state index contributed by atoms with van der Waals surface area (Å²) in [5.41, 5.74) is 1.98. The minimum Gasteiger partial charge on any atom is -0.448 e. The number of carbonyl (C=O) groups is 1. The molecule has 0 aliphatic rings. The van der Waals surface area contributed by atoms with E-state index in [2.05, 4.69) is 4.98 Å². The Morgan fingerprint density at radius 1 is 1.42 bits per heavy atom. The van der Waals surface area contributed by atoms with Gasteiger partial charge in [0.1, 0.15) is 12.0 Å². The van der Waals surface area contributed by atoms with Crippen molar-refractivity contribution in [2.24, 2.45) is 0 Å². The molecule has 0 saturated heterocycles. The van der Waals surface area contributed by atoms with Crippen molar-refractivity contribution >= 4 is 5.97 Å². The van der Waals surface area contributed by atoms with E-state index >= 15 is 0 Å². The fourth-order valence-corrected chi connectivity index (χ4v) is 1.58. The highest BCUT2D eigenvalue weighted by atomic mass is 16.5. The molecule has 0 radical (unpaired) electrons. The lowest BCUT2D eigenvalue weighted by atomic mass is 10.1. The summed E-state index contributed by atoms with van der Waals surface area (Å²) < 4.78 is 10.3. The van der Waals surface area contributed by atoms with Crippen LogP contribution in [-0.2, 0) is 6.42 Å². The summed E-state index contributed by atoms with van der Waals surface area (Å²) in [5.74, 6) is 0.258. The lowest BCUT2D eigenvalue weighted by Crippen LogP contribution is -2.10. The minimum absolute atomic E-state index is 0.0774. The zero-order chi connectivity index (χ0) is 13.8. The number of esters is 1. The Bertz CT molecular complexity index is 589. The van der Waals surface area contributed by atoms with E-state index < -0.39 is 5.97 Å². The second-order valence-electron chi connectivity index (χ2n) is 4.26. The fraction of sp³-hybridized carbons (Fsp3) is 0.286. The van der Waals surface area contributed by atoms with E-state index in [0.717, 1.165) is 11.1 Å². The Balaban J connectivity index is 2.13. The van der Waals surface area contributed by atoms with Gasteiger partial charge in [0.15, 0.2) is 11.6 Å². The number of oxazole rings is 1. The summed E-state index contributed by atoms with van der Waals surface area (Å²) in [6, 6.07) is 5.63. The van der Waals surface area contributed by atoms with Crippen LogP contribution >= 0.6 is 0 Å². The van der Waals surface area contributed by atoms with Crippen LogP contribution < -0.4 is 4.74 Å². The van der Waals surface area contributed by atoms with Crippen molar-refractivity contribution in [2.45, 2.75) is 20.3 Å². The van der Waals surface area contributed by atoms with Gasteiger partial charge in [-0.25, -0.2) is 9.78 Å². The van der Waals surface area contributed by atoms with E-state index in [1.54, 1.807) is 6.07 Å². The first-order valence-electron chi connectivity index (χ1n) is 5.95. The van der Waals surface area contributed by atoms with Crippen LogP contribution in [0.3, 0.4) is 0 Å². The number of rotatable bonds is 4. The van der Waals surface area contributed by atoms with Crippen molar-refractivity contribution in [1.29, 1.82) is 0 Å². The maximum absolute atomic E-state index is 11.9. The third-order valence-corrected chi connectivity index (χ3v) is 2.63. The van der Waals surface area contributed by atoms with E-state index in [4.69, 9.17) is 14.3 Å². The predicted octanol–water partition coefficient (Wildman–Crippen LogP) is 2.05. The van der Waals surface area contributed by atoms with Gasteiger partial charge in [0.2, 0.25) is 0 Å². The fourth-order valence-electron chi connectivity index (χ4n) is 1.58. The molecule has 0 amide bonds. The number of benzene rings is 1. The van der Waals surface area contributed by atoms with Crippen LogP contribution in [0.25, 0.3) is 0 Å². The number of ether oxygens (including phenoxy) is 1. The number of aryl methyl sites for hydroxylation is 2. The van der Waals surface area contributed by atoms with Crippen molar-refractivity contribution in [1.82, 2.24) is 4.98 Å². The van der Waals surface area contributed by atoms with Gasteiger partial charge in [-0.15, -0.1) is 0 Å². The average molecular weight is 261 g/mol. The van der Waals surface area contributed by atoms with Crippen molar-refractivity contribution in [3.63, 3.8) is 0 Å². The van der Waals surface area contributed by atoms with Crippen LogP contribution in [0.4, 0.5) is 0 Å². The zero-order valence-corrected chi connectivity index (χ0v) is 10.8. The first-order chi connectivity index (χ1) is 9.10. The number of carbonyl (C=O) groups excluding carboxylic acids is 1. The van der Waals surface area contributed by atoms with Gasteiger partial charge >= 0.3 is 5.97 Å². The Hall–Kier alpha value is -2.14. The summed E-state index contributed by atoms with van der Waals surface area (Å²) in [6.45, 7) is 3.71. The molecule has 19 heavy (non-hydrogen) atoms. The van der Waals surface area contributed by atoms with Crippen molar-refractivity contribution in [3.05, 3.63) is 47.2 Å². The van der Waals surface area contributed by atoms with Crippen LogP contribution in [-0.4, -0.2) is 22.7 Å². The van der Waals surface area contributed by atoms with Crippen LogP contribution in [0, 0.1) is 13.8 Å². The molecule has 0 aliphatic heterocycles. The maximum Gasteiger partial charge on any atom is 0.365 e. The number of aliphatic hydroxyl groups is 1. The van der Waals surface area contributed by atoms with E-state index in [-0.39, 0.29) is 18.7 Å². The molecule has 2 rings (SSSR count). The maximum atomic E-state index is 11.9. The molecule has 0 spiro atoms. The normalized spacial score (nSPS) is 10.5. The van der Waals surface area contributed by atoms with E-state index in [0.29, 0.717) is 11.6 Å². The number of aliphatic hydroxyl groups excluding tert-OH is 1. The molecule has 1 aromatic carbocycles. The van der Waals surface area contributed by atoms with Gasteiger partial charge < -0.3 is 14.3 Å². The molecule has 0 fully saturated rings. The van der Waals surface area contributed by atoms with Gasteiger partial charge in [0.05, 0.1) is 6.61 Å². The highest BCUT2D eigenvalue weighted by molar-refractivity contribution is 5.88. The summed E-state index contributed by atoms with van der Waals surface area (Å²) >= 11 is 0. The van der Waals surface area contributed by atoms with Crippen molar-refractivity contribution in [2.75, 3.05) is 6.61 Å². The molecule has 0 bridgehead atoms. The molecule has 0 aliphatic carbocycles. The second kappa shape index (κ2) is 5.67. The average Bonchev–Trinajstić information content (AvgIpc) is 2.83. The molecule has 1 N–H and O–H groups in total. The highest BCUT2D eigenvalue weighted by Crippen LogP contribution is 2.20. The summed E-state index contributed by atoms with van der Waals surface area (Å²) in [5, 5.41) is 8.75. The van der Waals surface area contributed by atoms with E-state index in [1.807, 2.05) is 26.0 Å². The van der Waals surface area contributed by atoms with Crippen LogP contribution in [0.15, 0.2) is 28.9 Å². The molecule has 5 heteroatoms. The summed E-state index contributed by atoms with van der Waals surface area (Å²) in [6.07, 6.45) is 1.51. The number of hydrogen-bond acceptors (Lipinski definition) is 5. The SMILES string of the molecule is Cc1ccc(C)c(OC(=O)c2coc(CCO)n2)c1. The molecule has 1 aromatic heterocycles. The molecule has 1 heterocycles. The summed E-state index contributed by atoms with van der Waals surface area (Å²) in [4.78, 5) is 15.8. The van der Waals surface area contributed by atoms with Gasteiger partial charge in [-0.2, -0.15) is 0 Å². The highest BCUT2D eigenvalue weighted by Gasteiger charge is 2.15. The van der Waals surface area contributed by atoms with Crippen LogP contribution in [0.1, 0.15) is 27.5 Å². The van der Waals surface area contributed by atoms with Gasteiger partial charge in [-0.3, -0.25) is 0 Å². The Morgan fingerprint density at radius 3 is 2.95 bits per heavy atom. The standard InChI is InChI=1S/C14H15NO4/c1-9-3-4-10(2)12(7-9)19-14(17)11-8-18-13(15-11)5-6-16/h3-4,7-8,16H,5-6H2,1-2H3.